The van der Waals surface area contributed by atoms with Crippen LogP contribution < -0.4 is 4.90 Å². The lowest BCUT2D eigenvalue weighted by molar-refractivity contribution is -0.141. The van der Waals surface area contributed by atoms with E-state index in [4.69, 9.17) is 4.74 Å². The Morgan fingerprint density at radius 1 is 1.27 bits per heavy atom. The summed E-state index contributed by atoms with van der Waals surface area (Å²) in [5.41, 5.74) is 1.44. The van der Waals surface area contributed by atoms with Crippen LogP contribution in [0.5, 0.6) is 0 Å². The lowest BCUT2D eigenvalue weighted by atomic mass is 9.92. The number of amides is 1. The van der Waals surface area contributed by atoms with E-state index in [-0.39, 0.29) is 23.6 Å². The zero-order chi connectivity index (χ0) is 24.6. The van der Waals surface area contributed by atoms with Gasteiger partial charge in [-0.3, -0.25) is 4.79 Å². The topological polar surface area (TPSA) is 70.2 Å². The second-order valence-electron chi connectivity index (χ2n) is 10.3. The molecule has 2 saturated heterocycles. The molecule has 7 nitrogen and oxygen atoms in total. The first-order valence-electron chi connectivity index (χ1n) is 12.2. The molecule has 2 atom stereocenters. The van der Waals surface area contributed by atoms with Crippen molar-refractivity contribution >= 4 is 21.6 Å². The second-order valence-corrected chi connectivity index (χ2v) is 12.2. The molecule has 2 fully saturated rings. The van der Waals surface area contributed by atoms with Crippen LogP contribution in [0.25, 0.3) is 0 Å². The number of likely N-dealkylation sites (N-methyl/N-ethyl adjacent to an activating group) is 1. The van der Waals surface area contributed by atoms with Crippen molar-refractivity contribution in [3.05, 3.63) is 23.8 Å². The van der Waals surface area contributed by atoms with E-state index in [0.29, 0.717) is 43.1 Å². The third-order valence-electron chi connectivity index (χ3n) is 7.03. The molecule has 2 aliphatic rings. The Labute approximate surface area is 200 Å². The molecule has 0 aliphatic carbocycles. The molecule has 0 bridgehead atoms. The summed E-state index contributed by atoms with van der Waals surface area (Å²) in [6, 6.07) is 5.04. The minimum atomic E-state index is -3.84. The fourth-order valence-corrected chi connectivity index (χ4v) is 7.06. The van der Waals surface area contributed by atoms with Crippen molar-refractivity contribution in [2.24, 2.45) is 0 Å². The second kappa shape index (κ2) is 9.92. The maximum absolute atomic E-state index is 13.9. The Morgan fingerprint density at radius 3 is 2.58 bits per heavy atom. The molecule has 8 heteroatoms. The van der Waals surface area contributed by atoms with Crippen molar-refractivity contribution in [3.8, 4) is 0 Å². The molecule has 186 valence electrons. The number of carbonyl (C=O) groups excluding carboxylic acids is 1. The Morgan fingerprint density at radius 2 is 1.97 bits per heavy atom. The van der Waals surface area contributed by atoms with Gasteiger partial charge in [-0.05, 0) is 84.9 Å². The maximum atomic E-state index is 13.9. The van der Waals surface area contributed by atoms with Crippen molar-refractivity contribution < 1.29 is 17.9 Å². The zero-order valence-electron chi connectivity index (χ0n) is 21.3. The van der Waals surface area contributed by atoms with Gasteiger partial charge >= 0.3 is 0 Å². The summed E-state index contributed by atoms with van der Waals surface area (Å²) in [5, 5.41) is 0. The van der Waals surface area contributed by atoms with Gasteiger partial charge in [0.25, 0.3) is 0 Å². The third kappa shape index (κ3) is 5.38. The molecule has 0 spiro atoms. The summed E-state index contributed by atoms with van der Waals surface area (Å²) in [5.74, 6) is -0.108. The fourth-order valence-electron chi connectivity index (χ4n) is 5.23. The van der Waals surface area contributed by atoms with E-state index in [0.717, 1.165) is 18.4 Å². The van der Waals surface area contributed by atoms with Gasteiger partial charge in [-0.2, -0.15) is 4.31 Å². The predicted octanol–water partition coefficient (Wildman–Crippen LogP) is 3.80. The number of benzene rings is 1. The largest absolute Gasteiger partial charge is 0.375 e. The highest BCUT2D eigenvalue weighted by atomic mass is 32.2. The molecular formula is C25H41N3O4S. The first-order valence-corrected chi connectivity index (χ1v) is 13.6. The van der Waals surface area contributed by atoms with E-state index in [1.165, 1.54) is 4.31 Å². The normalized spacial score (nSPS) is 23.6. The van der Waals surface area contributed by atoms with E-state index in [1.807, 2.05) is 46.9 Å². The SMILES string of the molecule is CCN(c1cc(C)ccc1S(=O)(=O)N1CCC[C@H]1C(=O)N(C)[C@H]1CCOC(C)(C)C1)C(C)C. The Hall–Kier alpha value is -1.64. The lowest BCUT2D eigenvalue weighted by Crippen LogP contribution is -2.52. The number of hydrogen-bond donors (Lipinski definition) is 0. The van der Waals surface area contributed by atoms with Crippen LogP contribution in [0.2, 0.25) is 0 Å². The van der Waals surface area contributed by atoms with Crippen molar-refractivity contribution in [2.75, 3.05) is 31.6 Å². The molecule has 0 radical (unpaired) electrons. The standard InChI is InChI=1S/C25H41N3O4S/c1-8-27(18(2)3)22-16-19(4)11-12-23(22)33(30,31)28-14-9-10-21(28)24(29)26(7)20-13-15-32-25(5,6)17-20/h11-12,16,18,20-21H,8-10,13-15,17H2,1-7H3/t20-,21-/m0/s1. The van der Waals surface area contributed by atoms with E-state index in [1.54, 1.807) is 11.0 Å². The molecule has 0 N–H and O–H groups in total. The fraction of sp³-hybridized carbons (Fsp3) is 0.720. The van der Waals surface area contributed by atoms with Crippen LogP contribution in [0.3, 0.4) is 0 Å². The van der Waals surface area contributed by atoms with Crippen LogP contribution in [0.4, 0.5) is 5.69 Å². The van der Waals surface area contributed by atoms with Gasteiger partial charge in [-0.15, -0.1) is 0 Å². The molecule has 0 saturated carbocycles. The van der Waals surface area contributed by atoms with Crippen molar-refractivity contribution in [1.82, 2.24) is 9.21 Å². The zero-order valence-corrected chi connectivity index (χ0v) is 22.1. The van der Waals surface area contributed by atoms with Gasteiger partial charge in [0.1, 0.15) is 10.9 Å². The number of nitrogens with zero attached hydrogens (tertiary/aromatic N) is 3. The predicted molar refractivity (Wildman–Crippen MR) is 132 cm³/mol. The summed E-state index contributed by atoms with van der Waals surface area (Å²) in [4.78, 5) is 17.7. The molecule has 0 aromatic heterocycles. The summed E-state index contributed by atoms with van der Waals surface area (Å²) in [7, 11) is -2.02. The van der Waals surface area contributed by atoms with E-state index >= 15 is 0 Å². The molecule has 2 aliphatic heterocycles. The van der Waals surface area contributed by atoms with Gasteiger partial charge in [0.2, 0.25) is 15.9 Å². The number of hydrogen-bond acceptors (Lipinski definition) is 5. The number of sulfonamides is 1. The smallest absolute Gasteiger partial charge is 0.245 e. The van der Waals surface area contributed by atoms with Gasteiger partial charge in [0.15, 0.2) is 0 Å². The summed E-state index contributed by atoms with van der Waals surface area (Å²) in [6.45, 7) is 13.9. The average Bonchev–Trinajstić information content (AvgIpc) is 3.23. The molecule has 2 heterocycles. The van der Waals surface area contributed by atoms with Crippen LogP contribution >= 0.6 is 0 Å². The highest BCUT2D eigenvalue weighted by Gasteiger charge is 2.43. The van der Waals surface area contributed by atoms with Gasteiger partial charge < -0.3 is 14.5 Å². The van der Waals surface area contributed by atoms with Gasteiger partial charge in [-0.1, -0.05) is 6.07 Å². The molecule has 0 unspecified atom stereocenters. The molecule has 1 aromatic rings. The van der Waals surface area contributed by atoms with Crippen LogP contribution in [0, 0.1) is 6.92 Å². The Bertz CT molecular complexity index is 960. The van der Waals surface area contributed by atoms with Crippen LogP contribution in [-0.2, 0) is 19.6 Å². The summed E-state index contributed by atoms with van der Waals surface area (Å²) >= 11 is 0. The molecular weight excluding hydrogens is 438 g/mol. The first kappa shape index (κ1) is 26.0. The molecule has 3 rings (SSSR count). The molecule has 33 heavy (non-hydrogen) atoms. The number of ether oxygens (including phenoxy) is 1. The Balaban J connectivity index is 1.92. The summed E-state index contributed by atoms with van der Waals surface area (Å²) < 4.78 is 35.1. The first-order chi connectivity index (χ1) is 15.4. The third-order valence-corrected chi connectivity index (χ3v) is 8.99. The average molecular weight is 480 g/mol. The lowest BCUT2D eigenvalue weighted by Gasteiger charge is -2.41. The van der Waals surface area contributed by atoms with Crippen molar-refractivity contribution in [3.63, 3.8) is 0 Å². The molecule has 1 aromatic carbocycles. The van der Waals surface area contributed by atoms with E-state index in [9.17, 15) is 13.2 Å². The van der Waals surface area contributed by atoms with Crippen LogP contribution in [0.15, 0.2) is 23.1 Å². The highest BCUT2D eigenvalue weighted by Crippen LogP contribution is 2.35. The van der Waals surface area contributed by atoms with E-state index < -0.39 is 16.1 Å². The number of carbonyl (C=O) groups is 1. The highest BCUT2D eigenvalue weighted by molar-refractivity contribution is 7.89. The summed E-state index contributed by atoms with van der Waals surface area (Å²) in [6.07, 6.45) is 2.76. The molecule has 1 amide bonds. The van der Waals surface area contributed by atoms with Gasteiger partial charge in [0, 0.05) is 38.8 Å². The van der Waals surface area contributed by atoms with Gasteiger partial charge in [-0.25, -0.2) is 8.42 Å². The van der Waals surface area contributed by atoms with Gasteiger partial charge in [0.05, 0.1) is 11.3 Å². The minimum Gasteiger partial charge on any atom is -0.375 e. The van der Waals surface area contributed by atoms with E-state index in [2.05, 4.69) is 18.7 Å². The van der Waals surface area contributed by atoms with Crippen molar-refractivity contribution in [1.29, 1.82) is 0 Å². The van der Waals surface area contributed by atoms with Crippen LogP contribution in [-0.4, -0.2) is 74.0 Å². The quantitative estimate of drug-likeness (QED) is 0.595. The monoisotopic (exact) mass is 479 g/mol. The number of rotatable bonds is 7. The Kier molecular flexibility index (Phi) is 7.81. The van der Waals surface area contributed by atoms with Crippen molar-refractivity contribution in [2.45, 2.75) is 95.8 Å². The minimum absolute atomic E-state index is 0.0536. The number of anilines is 1. The number of aryl methyl sites for hydroxylation is 1. The van der Waals surface area contributed by atoms with Crippen LogP contribution in [0.1, 0.15) is 65.9 Å². The maximum Gasteiger partial charge on any atom is 0.245 e.